The van der Waals surface area contributed by atoms with Crippen molar-refractivity contribution in [3.8, 4) is 0 Å². The van der Waals surface area contributed by atoms with Gasteiger partial charge in [-0.3, -0.25) is 9.78 Å². The number of anilines is 2. The molecule has 1 amide bonds. The van der Waals surface area contributed by atoms with Gasteiger partial charge < -0.3 is 11.1 Å². The third-order valence-corrected chi connectivity index (χ3v) is 2.96. The van der Waals surface area contributed by atoms with Crippen molar-refractivity contribution < 1.29 is 9.18 Å². The SMILES string of the molecule is Nc1cncc(C(=O)Nc2ccc(F)cc2I)n1. The fourth-order valence-corrected chi connectivity index (χ4v) is 1.88. The number of halogens is 2. The zero-order chi connectivity index (χ0) is 13.1. The molecular weight excluding hydrogens is 350 g/mol. The highest BCUT2D eigenvalue weighted by Crippen LogP contribution is 2.19. The van der Waals surface area contributed by atoms with Crippen LogP contribution in [0.5, 0.6) is 0 Å². The average Bonchev–Trinajstić information content (AvgIpc) is 2.32. The van der Waals surface area contributed by atoms with Crippen LogP contribution < -0.4 is 11.1 Å². The zero-order valence-corrected chi connectivity index (χ0v) is 11.2. The van der Waals surface area contributed by atoms with Gasteiger partial charge in [-0.25, -0.2) is 9.37 Å². The molecule has 0 atom stereocenters. The van der Waals surface area contributed by atoms with E-state index in [0.717, 1.165) is 0 Å². The van der Waals surface area contributed by atoms with Crippen LogP contribution in [0, 0.1) is 9.39 Å². The van der Waals surface area contributed by atoms with E-state index in [9.17, 15) is 9.18 Å². The van der Waals surface area contributed by atoms with Crippen LogP contribution >= 0.6 is 22.6 Å². The van der Waals surface area contributed by atoms with Gasteiger partial charge in [0, 0.05) is 3.57 Å². The summed E-state index contributed by atoms with van der Waals surface area (Å²) in [6.45, 7) is 0. The largest absolute Gasteiger partial charge is 0.382 e. The van der Waals surface area contributed by atoms with Crippen molar-refractivity contribution in [3.05, 3.63) is 45.7 Å². The lowest BCUT2D eigenvalue weighted by atomic mass is 10.3. The van der Waals surface area contributed by atoms with Crippen molar-refractivity contribution in [2.45, 2.75) is 0 Å². The number of nitrogens with two attached hydrogens (primary N) is 1. The van der Waals surface area contributed by atoms with E-state index in [0.29, 0.717) is 9.26 Å². The lowest BCUT2D eigenvalue weighted by molar-refractivity contribution is 0.102. The smallest absolute Gasteiger partial charge is 0.275 e. The molecular formula is C11H8FIN4O. The van der Waals surface area contributed by atoms with Crippen LogP contribution in [0.15, 0.2) is 30.6 Å². The predicted molar refractivity (Wildman–Crippen MR) is 73.5 cm³/mol. The van der Waals surface area contributed by atoms with Gasteiger partial charge >= 0.3 is 0 Å². The van der Waals surface area contributed by atoms with Gasteiger partial charge in [0.25, 0.3) is 5.91 Å². The molecule has 3 N–H and O–H groups in total. The van der Waals surface area contributed by atoms with Crippen LogP contribution in [-0.2, 0) is 0 Å². The quantitative estimate of drug-likeness (QED) is 0.806. The van der Waals surface area contributed by atoms with Gasteiger partial charge in [0.15, 0.2) is 0 Å². The molecule has 0 spiro atoms. The molecule has 2 aromatic rings. The topological polar surface area (TPSA) is 80.9 Å². The minimum absolute atomic E-state index is 0.107. The second-order valence-electron chi connectivity index (χ2n) is 3.41. The van der Waals surface area contributed by atoms with Crippen molar-refractivity contribution in [2.75, 3.05) is 11.1 Å². The highest BCUT2D eigenvalue weighted by Gasteiger charge is 2.10. The number of carbonyl (C=O) groups excluding carboxylic acids is 1. The molecule has 0 radical (unpaired) electrons. The molecule has 0 aliphatic carbocycles. The Morgan fingerprint density at radius 3 is 2.83 bits per heavy atom. The first-order valence-corrected chi connectivity index (χ1v) is 5.98. The minimum Gasteiger partial charge on any atom is -0.382 e. The summed E-state index contributed by atoms with van der Waals surface area (Å²) in [7, 11) is 0. The number of nitrogens with one attached hydrogen (secondary N) is 1. The maximum absolute atomic E-state index is 12.9. The number of amides is 1. The van der Waals surface area contributed by atoms with Crippen molar-refractivity contribution in [3.63, 3.8) is 0 Å². The van der Waals surface area contributed by atoms with Crippen LogP contribution in [0.3, 0.4) is 0 Å². The number of hydrogen-bond donors (Lipinski definition) is 2. The molecule has 0 bridgehead atoms. The predicted octanol–water partition coefficient (Wildman–Crippen LogP) is 2.05. The van der Waals surface area contributed by atoms with Crippen molar-refractivity contribution >= 4 is 40.0 Å². The van der Waals surface area contributed by atoms with Crippen molar-refractivity contribution in [1.29, 1.82) is 0 Å². The van der Waals surface area contributed by atoms with Gasteiger partial charge in [0.05, 0.1) is 18.1 Å². The van der Waals surface area contributed by atoms with Gasteiger partial charge in [0.1, 0.15) is 17.3 Å². The Morgan fingerprint density at radius 2 is 2.17 bits per heavy atom. The Balaban J connectivity index is 2.21. The molecule has 2 rings (SSSR count). The van der Waals surface area contributed by atoms with E-state index in [1.807, 2.05) is 22.6 Å². The van der Waals surface area contributed by atoms with E-state index >= 15 is 0 Å². The third kappa shape index (κ3) is 2.92. The number of carbonyl (C=O) groups is 1. The van der Waals surface area contributed by atoms with Gasteiger partial charge in [-0.15, -0.1) is 0 Å². The van der Waals surface area contributed by atoms with E-state index in [4.69, 9.17) is 5.73 Å². The Morgan fingerprint density at radius 1 is 1.39 bits per heavy atom. The van der Waals surface area contributed by atoms with E-state index in [2.05, 4.69) is 15.3 Å². The standard InChI is InChI=1S/C11H8FIN4O/c12-6-1-2-8(7(13)3-6)17-11(18)9-4-15-5-10(14)16-9/h1-5H,(H2,14,16)(H,17,18). The van der Waals surface area contributed by atoms with E-state index < -0.39 is 5.91 Å². The molecule has 1 aromatic carbocycles. The molecule has 92 valence electrons. The number of aromatic nitrogens is 2. The average molecular weight is 358 g/mol. The van der Waals surface area contributed by atoms with Crippen molar-refractivity contribution in [2.24, 2.45) is 0 Å². The van der Waals surface area contributed by atoms with Gasteiger partial charge in [-0.05, 0) is 40.8 Å². The number of hydrogen-bond acceptors (Lipinski definition) is 4. The monoisotopic (exact) mass is 358 g/mol. The number of rotatable bonds is 2. The highest BCUT2D eigenvalue weighted by atomic mass is 127. The molecule has 0 saturated heterocycles. The number of benzene rings is 1. The van der Waals surface area contributed by atoms with E-state index in [1.165, 1.54) is 30.6 Å². The Hall–Kier alpha value is -1.77. The van der Waals surface area contributed by atoms with Crippen LogP contribution in [0.2, 0.25) is 0 Å². The third-order valence-electron chi connectivity index (χ3n) is 2.07. The Kier molecular flexibility index (Phi) is 3.70. The van der Waals surface area contributed by atoms with Crippen LogP contribution in [0.25, 0.3) is 0 Å². The summed E-state index contributed by atoms with van der Waals surface area (Å²) in [5.41, 5.74) is 6.05. The second-order valence-corrected chi connectivity index (χ2v) is 4.57. The number of nitrogens with zero attached hydrogens (tertiary/aromatic N) is 2. The molecule has 0 saturated carbocycles. The van der Waals surface area contributed by atoms with Crippen LogP contribution in [-0.4, -0.2) is 15.9 Å². The van der Waals surface area contributed by atoms with E-state index in [-0.39, 0.29) is 17.3 Å². The maximum atomic E-state index is 12.9. The maximum Gasteiger partial charge on any atom is 0.275 e. The molecule has 1 aromatic heterocycles. The van der Waals surface area contributed by atoms with Crippen LogP contribution in [0.4, 0.5) is 15.9 Å². The van der Waals surface area contributed by atoms with Crippen LogP contribution in [0.1, 0.15) is 10.5 Å². The molecule has 0 fully saturated rings. The Labute approximate surface area is 116 Å². The summed E-state index contributed by atoms with van der Waals surface area (Å²) in [6.07, 6.45) is 2.65. The summed E-state index contributed by atoms with van der Waals surface area (Å²) in [5, 5.41) is 2.61. The summed E-state index contributed by atoms with van der Waals surface area (Å²) in [6, 6.07) is 4.07. The minimum atomic E-state index is -0.445. The molecule has 5 nitrogen and oxygen atoms in total. The molecule has 18 heavy (non-hydrogen) atoms. The van der Waals surface area contributed by atoms with Crippen molar-refractivity contribution in [1.82, 2.24) is 9.97 Å². The normalized spacial score (nSPS) is 10.1. The highest BCUT2D eigenvalue weighted by molar-refractivity contribution is 14.1. The molecule has 7 heteroatoms. The first kappa shape index (κ1) is 12.7. The first-order chi connectivity index (χ1) is 8.56. The fraction of sp³-hybridized carbons (Fsp3) is 0. The van der Waals surface area contributed by atoms with Gasteiger partial charge in [0.2, 0.25) is 0 Å². The molecule has 1 heterocycles. The van der Waals surface area contributed by atoms with E-state index in [1.54, 1.807) is 0 Å². The first-order valence-electron chi connectivity index (χ1n) is 4.90. The summed E-state index contributed by atoms with van der Waals surface area (Å²) in [5.74, 6) is -0.642. The molecule has 0 aliphatic heterocycles. The summed E-state index contributed by atoms with van der Waals surface area (Å²) in [4.78, 5) is 19.5. The fourth-order valence-electron chi connectivity index (χ4n) is 1.27. The summed E-state index contributed by atoms with van der Waals surface area (Å²) < 4.78 is 13.5. The lowest BCUT2D eigenvalue weighted by Crippen LogP contribution is -2.15. The Bertz CT molecular complexity index is 605. The molecule has 0 aliphatic rings. The number of nitrogen functional groups attached to an aromatic ring is 1. The van der Waals surface area contributed by atoms with Gasteiger partial charge in [-0.2, -0.15) is 0 Å². The zero-order valence-electron chi connectivity index (χ0n) is 9.02. The lowest BCUT2D eigenvalue weighted by Gasteiger charge is -2.06. The molecule has 0 unspecified atom stereocenters. The summed E-state index contributed by atoms with van der Waals surface area (Å²) >= 11 is 1.93. The van der Waals surface area contributed by atoms with Gasteiger partial charge in [-0.1, -0.05) is 0 Å². The second kappa shape index (κ2) is 5.25.